The highest BCUT2D eigenvalue weighted by molar-refractivity contribution is 7.97. The van der Waals surface area contributed by atoms with Crippen molar-refractivity contribution in [2.45, 2.75) is 50.8 Å². The Morgan fingerprint density at radius 1 is 1.19 bits per heavy atom. The van der Waals surface area contributed by atoms with E-state index in [1.54, 1.807) is 0 Å². The van der Waals surface area contributed by atoms with E-state index in [0.29, 0.717) is 24.7 Å². The van der Waals surface area contributed by atoms with Crippen molar-refractivity contribution in [3.8, 4) is 11.1 Å². The number of likely N-dealkylation sites (tertiary alicyclic amines) is 1. The zero-order valence-electron chi connectivity index (χ0n) is 18.0. The summed E-state index contributed by atoms with van der Waals surface area (Å²) < 4.78 is 36.6. The Morgan fingerprint density at radius 3 is 2.45 bits per heavy atom. The second-order valence-corrected chi connectivity index (χ2v) is 8.98. The van der Waals surface area contributed by atoms with Gasteiger partial charge in [-0.05, 0) is 36.5 Å². The number of ether oxygens (including phenoxy) is 1. The Balaban J connectivity index is 0.000000478. The van der Waals surface area contributed by atoms with Crippen molar-refractivity contribution in [3.63, 3.8) is 0 Å². The predicted molar refractivity (Wildman–Crippen MR) is 122 cm³/mol. The van der Waals surface area contributed by atoms with Crippen LogP contribution in [0, 0.1) is 0 Å². The molecule has 2 saturated heterocycles. The van der Waals surface area contributed by atoms with Crippen LogP contribution in [0.25, 0.3) is 11.1 Å². The molecule has 3 unspecified atom stereocenters. The lowest BCUT2D eigenvalue weighted by atomic mass is 9.96. The van der Waals surface area contributed by atoms with Crippen molar-refractivity contribution in [1.29, 1.82) is 0 Å². The van der Waals surface area contributed by atoms with E-state index in [1.165, 1.54) is 23.3 Å². The first-order chi connectivity index (χ1) is 14.9. The lowest BCUT2D eigenvalue weighted by molar-refractivity contribution is -0.120. The van der Waals surface area contributed by atoms with E-state index in [-0.39, 0.29) is 0 Å². The van der Waals surface area contributed by atoms with Gasteiger partial charge < -0.3 is 9.64 Å². The maximum atomic E-state index is 14.4. The van der Waals surface area contributed by atoms with Crippen LogP contribution in [-0.4, -0.2) is 54.3 Å². The van der Waals surface area contributed by atoms with Crippen molar-refractivity contribution in [1.82, 2.24) is 9.62 Å². The highest BCUT2D eigenvalue weighted by atomic mass is 32.2. The quantitative estimate of drug-likeness (QED) is 0.488. The van der Waals surface area contributed by atoms with E-state index in [1.807, 2.05) is 61.5 Å². The maximum absolute atomic E-state index is 14.4. The van der Waals surface area contributed by atoms with Crippen molar-refractivity contribution in [2.75, 3.05) is 18.9 Å². The Hall–Kier alpha value is -1.96. The molecule has 3 atom stereocenters. The number of hydrogen-bond donors (Lipinski definition) is 1. The molecule has 0 spiro atoms. The average molecular weight is 449 g/mol. The van der Waals surface area contributed by atoms with E-state index >= 15 is 0 Å². The molecule has 1 N–H and O–H groups in total. The molecule has 7 heteroatoms. The largest absolute Gasteiger partial charge is 0.378 e. The Morgan fingerprint density at radius 2 is 1.87 bits per heavy atom. The zero-order valence-corrected chi connectivity index (χ0v) is 18.8. The minimum Gasteiger partial charge on any atom is -0.378 e. The summed E-state index contributed by atoms with van der Waals surface area (Å²) in [5, 5.41) is 0. The first kappa shape index (κ1) is 23.7. The SMILES string of the molecule is CC1CCO1.CCSNC1C(Cc2cccc(-c3ccccc3)c2)N(C=O)CC1(F)F. The third-order valence-corrected chi connectivity index (χ3v) is 6.26. The van der Waals surface area contributed by atoms with E-state index in [4.69, 9.17) is 4.74 Å². The molecule has 2 heterocycles. The topological polar surface area (TPSA) is 41.6 Å². The van der Waals surface area contributed by atoms with Crippen LogP contribution in [0.2, 0.25) is 0 Å². The summed E-state index contributed by atoms with van der Waals surface area (Å²) in [7, 11) is 0. The average Bonchev–Trinajstić information content (AvgIpc) is 3.01. The van der Waals surface area contributed by atoms with Crippen LogP contribution in [0.1, 0.15) is 25.8 Å². The molecule has 1 amide bonds. The maximum Gasteiger partial charge on any atom is 0.283 e. The molecule has 0 saturated carbocycles. The van der Waals surface area contributed by atoms with Gasteiger partial charge in [0.05, 0.1) is 18.7 Å². The molecule has 2 aliphatic rings. The van der Waals surface area contributed by atoms with Crippen LogP contribution in [0.4, 0.5) is 8.78 Å². The van der Waals surface area contributed by atoms with Gasteiger partial charge in [0.15, 0.2) is 0 Å². The van der Waals surface area contributed by atoms with Gasteiger partial charge in [-0.15, -0.1) is 0 Å². The van der Waals surface area contributed by atoms with Gasteiger partial charge in [0.2, 0.25) is 6.41 Å². The molecule has 4 nitrogen and oxygen atoms in total. The van der Waals surface area contributed by atoms with E-state index in [2.05, 4.69) is 11.6 Å². The van der Waals surface area contributed by atoms with Crippen molar-refractivity contribution in [2.24, 2.45) is 0 Å². The van der Waals surface area contributed by atoms with Gasteiger partial charge in [-0.3, -0.25) is 9.52 Å². The number of carbonyl (C=O) groups is 1. The van der Waals surface area contributed by atoms with Gasteiger partial charge in [-0.25, -0.2) is 8.78 Å². The van der Waals surface area contributed by atoms with E-state index in [9.17, 15) is 13.6 Å². The zero-order chi connectivity index (χ0) is 22.3. The van der Waals surface area contributed by atoms with E-state index in [0.717, 1.165) is 23.3 Å². The Labute approximate surface area is 187 Å². The number of benzene rings is 2. The number of amides is 1. The number of carbonyl (C=O) groups excluding carboxylic acids is 1. The van der Waals surface area contributed by atoms with Crippen LogP contribution in [0.5, 0.6) is 0 Å². The van der Waals surface area contributed by atoms with Crippen LogP contribution < -0.4 is 4.72 Å². The molecule has 2 fully saturated rings. The van der Waals surface area contributed by atoms with Crippen LogP contribution >= 0.6 is 11.9 Å². The minimum absolute atomic E-state index is 0.386. The van der Waals surface area contributed by atoms with Gasteiger partial charge in [0.25, 0.3) is 5.92 Å². The summed E-state index contributed by atoms with van der Waals surface area (Å²) >= 11 is 1.26. The number of halogens is 2. The molecular weight excluding hydrogens is 418 g/mol. The monoisotopic (exact) mass is 448 g/mol. The summed E-state index contributed by atoms with van der Waals surface area (Å²) in [4.78, 5) is 12.6. The Kier molecular flexibility index (Phi) is 8.46. The third kappa shape index (κ3) is 6.28. The summed E-state index contributed by atoms with van der Waals surface area (Å²) in [5.74, 6) is -2.26. The predicted octanol–water partition coefficient (Wildman–Crippen LogP) is 4.79. The lowest BCUT2D eigenvalue weighted by Crippen LogP contribution is -2.47. The number of hydrogen-bond acceptors (Lipinski definition) is 4. The summed E-state index contributed by atoms with van der Waals surface area (Å²) in [6.45, 7) is 4.44. The fraction of sp³-hybridized carbons (Fsp3) is 0.458. The first-order valence-corrected chi connectivity index (χ1v) is 11.6. The molecule has 0 radical (unpaired) electrons. The number of nitrogens with zero attached hydrogens (tertiary/aromatic N) is 1. The standard InChI is InChI=1S/C20H22F2N2OS.C4H8O/c1-2-26-23-19-18(24(14-25)13-20(19,21)22)12-15-7-6-10-17(11-15)16-8-4-3-5-9-16;1-4-2-3-5-4/h3-11,14,18-19,23H,2,12-13H2,1H3;4H,2-3H2,1H3. The second kappa shape index (κ2) is 11.1. The van der Waals surface area contributed by atoms with Crippen LogP contribution in [-0.2, 0) is 16.0 Å². The molecule has 0 aromatic heterocycles. The smallest absolute Gasteiger partial charge is 0.283 e. The lowest BCUT2D eigenvalue weighted by Gasteiger charge is -2.26. The second-order valence-electron chi connectivity index (χ2n) is 7.88. The molecule has 0 aliphatic carbocycles. The summed E-state index contributed by atoms with van der Waals surface area (Å²) in [6, 6.07) is 16.2. The number of nitrogens with one attached hydrogen (secondary N) is 1. The molecular formula is C24H30F2N2O2S. The van der Waals surface area contributed by atoms with E-state index < -0.39 is 24.6 Å². The molecule has 4 rings (SSSR count). The highest BCUT2D eigenvalue weighted by Crippen LogP contribution is 2.35. The molecule has 168 valence electrons. The molecule has 2 aliphatic heterocycles. The summed E-state index contributed by atoms with van der Waals surface area (Å²) in [5.41, 5.74) is 3.06. The Bertz CT molecular complexity index is 833. The van der Waals surface area contributed by atoms with Crippen LogP contribution in [0.3, 0.4) is 0 Å². The normalized spacial score (nSPS) is 24.1. The third-order valence-electron chi connectivity index (χ3n) is 5.55. The van der Waals surface area contributed by atoms with Gasteiger partial charge in [0.1, 0.15) is 6.04 Å². The van der Waals surface area contributed by atoms with Crippen molar-refractivity contribution >= 4 is 18.4 Å². The van der Waals surface area contributed by atoms with Gasteiger partial charge in [-0.1, -0.05) is 73.5 Å². The molecule has 2 aromatic carbocycles. The van der Waals surface area contributed by atoms with Gasteiger partial charge in [-0.2, -0.15) is 0 Å². The highest BCUT2D eigenvalue weighted by Gasteiger charge is 2.54. The molecule has 31 heavy (non-hydrogen) atoms. The number of alkyl halides is 2. The fourth-order valence-electron chi connectivity index (χ4n) is 3.72. The number of rotatable bonds is 7. The molecule has 2 aromatic rings. The van der Waals surface area contributed by atoms with Crippen molar-refractivity contribution < 1.29 is 18.3 Å². The summed E-state index contributed by atoms with van der Waals surface area (Å²) in [6.07, 6.45) is 2.75. The fourth-order valence-corrected chi connectivity index (χ4v) is 4.40. The van der Waals surface area contributed by atoms with Gasteiger partial charge in [0, 0.05) is 12.4 Å². The van der Waals surface area contributed by atoms with Crippen LogP contribution in [0.15, 0.2) is 54.6 Å². The minimum atomic E-state index is -2.94. The van der Waals surface area contributed by atoms with Gasteiger partial charge >= 0.3 is 0 Å². The molecule has 0 bridgehead atoms. The first-order valence-electron chi connectivity index (χ1n) is 10.7. The van der Waals surface area contributed by atoms with Crippen molar-refractivity contribution in [3.05, 3.63) is 60.2 Å².